The smallest absolute Gasteiger partial charge is 0.338 e. The maximum absolute atomic E-state index is 13.2. The van der Waals surface area contributed by atoms with Gasteiger partial charge in [-0.3, -0.25) is 4.79 Å². The quantitative estimate of drug-likeness (QED) is 0.110. The van der Waals surface area contributed by atoms with Gasteiger partial charge in [-0.05, 0) is 78.7 Å². The van der Waals surface area contributed by atoms with Gasteiger partial charge in [0.05, 0.1) is 6.61 Å². The van der Waals surface area contributed by atoms with Crippen molar-refractivity contribution in [2.75, 3.05) is 32.2 Å². The first-order valence-electron chi connectivity index (χ1n) is 14.5. The fourth-order valence-corrected chi connectivity index (χ4v) is 4.97. The van der Waals surface area contributed by atoms with Crippen LogP contribution in [-0.2, 0) is 14.3 Å². The highest BCUT2D eigenvalue weighted by Gasteiger charge is 2.31. The van der Waals surface area contributed by atoms with Crippen LogP contribution in [0.4, 0.5) is 17.1 Å². The molecule has 8 nitrogen and oxygen atoms in total. The third-order valence-corrected chi connectivity index (χ3v) is 7.84. The molecule has 226 valence electrons. The predicted octanol–water partition coefficient (Wildman–Crippen LogP) is 5.21. The molecule has 2 aliphatic carbocycles. The summed E-state index contributed by atoms with van der Waals surface area (Å²) in [5.41, 5.74) is 5.55. The fourth-order valence-electron chi connectivity index (χ4n) is 4.97. The van der Waals surface area contributed by atoms with Crippen molar-refractivity contribution in [1.29, 1.82) is 0 Å². The number of carbonyl (C=O) groups is 2. The Bertz CT molecular complexity index is 1820. The summed E-state index contributed by atoms with van der Waals surface area (Å²) in [4.78, 5) is 26.9. The van der Waals surface area contributed by atoms with Crippen LogP contribution in [0.3, 0.4) is 0 Å². The summed E-state index contributed by atoms with van der Waals surface area (Å²) in [5, 5.41) is 13.2. The number of benzene rings is 3. The van der Waals surface area contributed by atoms with Gasteiger partial charge in [-0.2, -0.15) is 4.58 Å². The molecule has 3 aromatic rings. The number of esters is 1. The van der Waals surface area contributed by atoms with E-state index in [1.54, 1.807) is 31.2 Å². The first kappa shape index (κ1) is 29.6. The van der Waals surface area contributed by atoms with Crippen LogP contribution >= 0.6 is 0 Å². The van der Waals surface area contributed by atoms with E-state index in [0.29, 0.717) is 29.1 Å². The Labute approximate surface area is 261 Å². The molecule has 0 amide bonds. The molecule has 0 spiro atoms. The van der Waals surface area contributed by atoms with E-state index >= 15 is 0 Å². The van der Waals surface area contributed by atoms with Gasteiger partial charge >= 0.3 is 5.97 Å². The highest BCUT2D eigenvalue weighted by molar-refractivity contribution is 6.39. The first-order valence-corrected chi connectivity index (χ1v) is 14.5. The van der Waals surface area contributed by atoms with Crippen molar-refractivity contribution in [1.82, 2.24) is 0 Å². The molecule has 45 heavy (non-hydrogen) atoms. The lowest BCUT2D eigenvalue weighted by Gasteiger charge is -2.32. The Balaban J connectivity index is 1.13. The molecule has 1 fully saturated rings. The molecule has 0 aromatic heterocycles. The zero-order valence-electron chi connectivity index (χ0n) is 25.3. The summed E-state index contributed by atoms with van der Waals surface area (Å²) in [6.07, 6.45) is 7.50. The maximum Gasteiger partial charge on any atom is 0.338 e. The lowest BCUT2D eigenvalue weighted by Crippen LogP contribution is -2.30. The molecule has 1 unspecified atom stereocenters. The lowest BCUT2D eigenvalue weighted by atomic mass is 9.80. The minimum Gasteiger partial charge on any atom is -0.871 e. The van der Waals surface area contributed by atoms with Crippen molar-refractivity contribution < 1.29 is 33.5 Å². The number of hydrogen-bond donors (Lipinski definition) is 0. The predicted molar refractivity (Wildman–Crippen MR) is 171 cm³/mol. The molecule has 1 atom stereocenters. The third-order valence-electron chi connectivity index (χ3n) is 7.84. The van der Waals surface area contributed by atoms with Gasteiger partial charge in [-0.25, -0.2) is 4.79 Å². The number of carbonyl (C=O) groups excluding carboxylic acids is 2. The molecule has 3 aromatic carbocycles. The van der Waals surface area contributed by atoms with E-state index in [4.69, 9.17) is 14.2 Å². The number of epoxide rings is 1. The van der Waals surface area contributed by atoms with Crippen LogP contribution in [0.2, 0.25) is 0 Å². The van der Waals surface area contributed by atoms with E-state index in [1.165, 1.54) is 0 Å². The van der Waals surface area contributed by atoms with Crippen molar-refractivity contribution in [3.05, 3.63) is 132 Å². The summed E-state index contributed by atoms with van der Waals surface area (Å²) in [6.45, 7) is 6.50. The topological polar surface area (TPSA) is 94.4 Å². The Morgan fingerprint density at radius 1 is 0.933 bits per heavy atom. The van der Waals surface area contributed by atoms with E-state index < -0.39 is 5.97 Å². The molecule has 1 aliphatic heterocycles. The van der Waals surface area contributed by atoms with Crippen molar-refractivity contribution in [2.24, 2.45) is 0 Å². The summed E-state index contributed by atoms with van der Waals surface area (Å²) in [5.74, 6) is 0.236. The van der Waals surface area contributed by atoms with Crippen LogP contribution < -0.4 is 19.5 Å². The van der Waals surface area contributed by atoms with Gasteiger partial charge in [-0.15, -0.1) is 0 Å². The molecule has 0 bridgehead atoms. The second-order valence-electron chi connectivity index (χ2n) is 11.0. The van der Waals surface area contributed by atoms with Gasteiger partial charge in [0.25, 0.3) is 0 Å². The van der Waals surface area contributed by atoms with Crippen LogP contribution in [0, 0.1) is 0 Å². The molecule has 1 saturated heterocycles. The minimum absolute atomic E-state index is 0.194. The van der Waals surface area contributed by atoms with Crippen molar-refractivity contribution >= 4 is 40.1 Å². The third kappa shape index (κ3) is 6.27. The highest BCUT2D eigenvalue weighted by atomic mass is 16.6. The van der Waals surface area contributed by atoms with Gasteiger partial charge in [0, 0.05) is 59.4 Å². The largest absolute Gasteiger partial charge is 0.871 e. The van der Waals surface area contributed by atoms with Gasteiger partial charge < -0.3 is 24.2 Å². The van der Waals surface area contributed by atoms with Crippen LogP contribution in [-0.4, -0.2) is 55.5 Å². The standard InChI is InChI=1S/C37H32N2O6/c1-23(2)37(42)45-31-19-15-29(16-20-31)39(4)27-11-7-25(8-12-27)34-35(40)33(36(34)41)24-5-9-26(10-6-24)38(3)28-13-17-30(18-14-28)43-21-32-22-44-32/h5-20,32H,1,21-22H2,2-4H3. The van der Waals surface area contributed by atoms with Crippen LogP contribution in [0.5, 0.6) is 11.5 Å². The van der Waals surface area contributed by atoms with Crippen molar-refractivity contribution in [3.63, 3.8) is 0 Å². The monoisotopic (exact) mass is 600 g/mol. The van der Waals surface area contributed by atoms with Crippen molar-refractivity contribution in [2.45, 2.75) is 13.0 Å². The lowest BCUT2D eigenvalue weighted by molar-refractivity contribution is -0.403. The summed E-state index contributed by atoms with van der Waals surface area (Å²) in [7, 11) is 3.86. The summed E-state index contributed by atoms with van der Waals surface area (Å²) < 4.78 is 18.1. The second kappa shape index (κ2) is 12.3. The summed E-state index contributed by atoms with van der Waals surface area (Å²) >= 11 is 0. The molecule has 6 rings (SSSR count). The van der Waals surface area contributed by atoms with E-state index in [2.05, 4.69) is 6.58 Å². The van der Waals surface area contributed by atoms with E-state index in [9.17, 15) is 14.7 Å². The Hall–Kier alpha value is -5.47. The molecule has 0 N–H and O–H groups in total. The van der Waals surface area contributed by atoms with Gasteiger partial charge in [0.2, 0.25) is 11.4 Å². The van der Waals surface area contributed by atoms with Gasteiger partial charge in [0.15, 0.2) is 5.78 Å². The SMILES string of the molecule is C=C(C)C(=O)Oc1ccc([N+](C)=C2C=CC(=C3C(=O)C(c4ccc(N(C)c5ccc(OCC6CO6)cc5)cc4)=C3[O-])C=C2)cc1. The molecular weight excluding hydrogens is 568 g/mol. The summed E-state index contributed by atoms with van der Waals surface area (Å²) in [6, 6.07) is 22.3. The zero-order valence-corrected chi connectivity index (χ0v) is 25.3. The van der Waals surface area contributed by atoms with Gasteiger partial charge in [-0.1, -0.05) is 24.5 Å². The molecule has 8 heteroatoms. The zero-order chi connectivity index (χ0) is 31.7. The first-order chi connectivity index (χ1) is 21.7. The molecule has 1 heterocycles. The number of allylic oxidation sites excluding steroid dienone is 7. The number of ketones is 1. The average Bonchev–Trinajstić information content (AvgIpc) is 3.89. The van der Waals surface area contributed by atoms with E-state index in [-0.39, 0.29) is 28.8 Å². The van der Waals surface area contributed by atoms with Crippen LogP contribution in [0.1, 0.15) is 12.5 Å². The van der Waals surface area contributed by atoms with E-state index in [1.807, 2.05) is 96.4 Å². The number of ether oxygens (including phenoxy) is 3. The number of hydrogen-bond acceptors (Lipinski definition) is 7. The fraction of sp³-hybridized carbons (Fsp3) is 0.162. The minimum atomic E-state index is -0.474. The van der Waals surface area contributed by atoms with Crippen LogP contribution in [0.25, 0.3) is 5.57 Å². The number of Topliss-reactive ketones (excluding diaryl/α,β-unsaturated/α-hetero) is 1. The second-order valence-corrected chi connectivity index (χ2v) is 11.0. The van der Waals surface area contributed by atoms with Crippen molar-refractivity contribution in [3.8, 4) is 11.5 Å². The Morgan fingerprint density at radius 3 is 2.07 bits per heavy atom. The molecule has 0 radical (unpaired) electrons. The van der Waals surface area contributed by atoms with Gasteiger partial charge in [0.1, 0.15) is 31.3 Å². The molecule has 0 saturated carbocycles. The Kier molecular flexibility index (Phi) is 8.06. The number of nitrogens with zero attached hydrogens (tertiary/aromatic N) is 2. The molecular formula is C37H32N2O6. The van der Waals surface area contributed by atoms with Crippen LogP contribution in [0.15, 0.2) is 126 Å². The van der Waals surface area contributed by atoms with E-state index in [0.717, 1.165) is 35.1 Å². The number of anilines is 2. The Morgan fingerprint density at radius 2 is 1.51 bits per heavy atom. The normalized spacial score (nSPS) is 16.8. The number of rotatable bonds is 9. The maximum atomic E-state index is 13.2. The highest BCUT2D eigenvalue weighted by Crippen LogP contribution is 2.38. The average molecular weight is 601 g/mol. The molecule has 3 aliphatic rings.